The van der Waals surface area contributed by atoms with Crippen molar-refractivity contribution < 1.29 is 0 Å². The molecule has 26 heavy (non-hydrogen) atoms. The topological polar surface area (TPSA) is 42.2 Å². The van der Waals surface area contributed by atoms with Gasteiger partial charge in [-0.3, -0.25) is 5.43 Å². The minimum Gasteiger partial charge on any atom is -0.317 e. The molecule has 4 rings (SSSR count). The number of fused-ring (bicyclic) bond motifs is 1. The van der Waals surface area contributed by atoms with Crippen LogP contribution in [-0.2, 0) is 0 Å². The average molecular weight is 425 g/mol. The van der Waals surface area contributed by atoms with E-state index >= 15 is 0 Å². The molecular weight excluding hydrogens is 408 g/mol. The molecule has 0 aliphatic heterocycles. The molecule has 6 heteroatoms. The molecule has 2 heterocycles. The molecule has 0 atom stereocenters. The number of anilines is 1. The second-order valence-corrected chi connectivity index (χ2v) is 7.86. The van der Waals surface area contributed by atoms with Crippen LogP contribution in [0.4, 0.5) is 5.13 Å². The third-order valence-corrected chi connectivity index (χ3v) is 5.83. The second kappa shape index (κ2) is 7.05. The highest BCUT2D eigenvalue weighted by atomic mass is 79.9. The van der Waals surface area contributed by atoms with E-state index in [2.05, 4.69) is 74.1 Å². The van der Waals surface area contributed by atoms with Crippen molar-refractivity contribution in [3.05, 3.63) is 76.0 Å². The van der Waals surface area contributed by atoms with Crippen LogP contribution in [0.1, 0.15) is 17.0 Å². The Morgan fingerprint density at radius 3 is 2.69 bits per heavy atom. The van der Waals surface area contributed by atoms with E-state index in [1.165, 1.54) is 0 Å². The molecule has 2 aromatic carbocycles. The summed E-state index contributed by atoms with van der Waals surface area (Å²) in [6, 6.07) is 18.4. The van der Waals surface area contributed by atoms with Crippen LogP contribution in [-0.4, -0.2) is 15.8 Å². The van der Waals surface area contributed by atoms with Gasteiger partial charge in [-0.1, -0.05) is 35.6 Å². The number of nitrogens with zero attached hydrogens (tertiary/aromatic N) is 3. The predicted octanol–water partition coefficient (Wildman–Crippen LogP) is 5.91. The van der Waals surface area contributed by atoms with Gasteiger partial charge in [0.1, 0.15) is 0 Å². The van der Waals surface area contributed by atoms with E-state index in [4.69, 9.17) is 0 Å². The zero-order valence-corrected chi connectivity index (χ0v) is 16.8. The lowest BCUT2D eigenvalue weighted by atomic mass is 10.2. The number of aryl methyl sites for hydroxylation is 1. The Kier molecular flexibility index (Phi) is 4.61. The van der Waals surface area contributed by atoms with Gasteiger partial charge in [0, 0.05) is 21.4 Å². The number of aromatic nitrogens is 2. The molecule has 1 N–H and O–H groups in total. The Morgan fingerprint density at radius 1 is 1.12 bits per heavy atom. The van der Waals surface area contributed by atoms with E-state index in [0.717, 1.165) is 42.5 Å². The minimum atomic E-state index is 0.794. The maximum absolute atomic E-state index is 4.53. The molecule has 0 saturated heterocycles. The number of hydrogen-bond donors (Lipinski definition) is 1. The molecule has 0 fully saturated rings. The summed E-state index contributed by atoms with van der Waals surface area (Å²) < 4.78 is 4.44. The van der Waals surface area contributed by atoms with Crippen molar-refractivity contribution in [2.75, 3.05) is 5.43 Å². The number of benzene rings is 2. The van der Waals surface area contributed by atoms with Crippen molar-refractivity contribution in [1.82, 2.24) is 9.55 Å². The lowest BCUT2D eigenvalue weighted by Gasteiger charge is -2.11. The Hall–Kier alpha value is -2.44. The summed E-state index contributed by atoms with van der Waals surface area (Å²) in [4.78, 5) is 4.53. The van der Waals surface area contributed by atoms with Crippen molar-refractivity contribution in [2.45, 2.75) is 13.8 Å². The molecule has 0 saturated carbocycles. The number of halogens is 1. The monoisotopic (exact) mass is 424 g/mol. The predicted molar refractivity (Wildman–Crippen MR) is 114 cm³/mol. The van der Waals surface area contributed by atoms with Gasteiger partial charge in [-0.15, -0.1) is 0 Å². The number of hydrazone groups is 1. The van der Waals surface area contributed by atoms with Gasteiger partial charge in [0.05, 0.1) is 22.1 Å². The molecule has 2 aromatic heterocycles. The largest absolute Gasteiger partial charge is 0.317 e. The van der Waals surface area contributed by atoms with Crippen molar-refractivity contribution in [3.63, 3.8) is 0 Å². The summed E-state index contributed by atoms with van der Waals surface area (Å²) in [5, 5.41) is 5.18. The van der Waals surface area contributed by atoms with E-state index in [0.29, 0.717) is 0 Å². The SMILES string of the molecule is Cc1cc(/C=N/Nc2nc3ccccc3s2)c(C)n1-c1ccccc1Br. The fourth-order valence-electron chi connectivity index (χ4n) is 3.00. The summed E-state index contributed by atoms with van der Waals surface area (Å²) in [5.74, 6) is 0. The van der Waals surface area contributed by atoms with Gasteiger partial charge in [-0.25, -0.2) is 4.98 Å². The normalized spacial score (nSPS) is 11.5. The molecule has 0 aliphatic rings. The lowest BCUT2D eigenvalue weighted by molar-refractivity contribution is 0.959. The van der Waals surface area contributed by atoms with E-state index in [1.807, 2.05) is 36.5 Å². The van der Waals surface area contributed by atoms with Crippen LogP contribution in [0.25, 0.3) is 15.9 Å². The van der Waals surface area contributed by atoms with Crippen molar-refractivity contribution >= 4 is 48.8 Å². The molecule has 130 valence electrons. The Balaban J connectivity index is 1.60. The third-order valence-electron chi connectivity index (χ3n) is 4.22. The highest BCUT2D eigenvalue weighted by Crippen LogP contribution is 2.27. The molecule has 4 aromatic rings. The summed E-state index contributed by atoms with van der Waals surface area (Å²) in [6.07, 6.45) is 1.85. The Labute approximate surface area is 164 Å². The Morgan fingerprint density at radius 2 is 1.88 bits per heavy atom. The first-order valence-corrected chi connectivity index (χ1v) is 9.83. The smallest absolute Gasteiger partial charge is 0.204 e. The number of para-hydroxylation sites is 2. The number of hydrogen-bond acceptors (Lipinski definition) is 4. The van der Waals surface area contributed by atoms with Gasteiger partial charge in [0.25, 0.3) is 0 Å². The fourth-order valence-corrected chi connectivity index (χ4v) is 4.28. The summed E-state index contributed by atoms with van der Waals surface area (Å²) in [5.41, 5.74) is 8.54. The molecule has 4 nitrogen and oxygen atoms in total. The number of nitrogens with one attached hydrogen (secondary N) is 1. The van der Waals surface area contributed by atoms with Crippen molar-refractivity contribution in [3.8, 4) is 5.69 Å². The second-order valence-electron chi connectivity index (χ2n) is 5.97. The van der Waals surface area contributed by atoms with Gasteiger partial charge >= 0.3 is 0 Å². The van der Waals surface area contributed by atoms with Crippen LogP contribution in [0.2, 0.25) is 0 Å². The maximum atomic E-state index is 4.53. The van der Waals surface area contributed by atoms with Crippen molar-refractivity contribution in [2.24, 2.45) is 5.10 Å². The van der Waals surface area contributed by atoms with Gasteiger partial charge in [-0.2, -0.15) is 5.10 Å². The quantitative estimate of drug-likeness (QED) is 0.326. The first kappa shape index (κ1) is 17.0. The number of rotatable bonds is 4. The van der Waals surface area contributed by atoms with E-state index < -0.39 is 0 Å². The van der Waals surface area contributed by atoms with Gasteiger partial charge in [-0.05, 0) is 60.1 Å². The van der Waals surface area contributed by atoms with E-state index in [-0.39, 0.29) is 0 Å². The molecule has 0 aliphatic carbocycles. The molecule has 0 bridgehead atoms. The van der Waals surface area contributed by atoms with Crippen LogP contribution < -0.4 is 5.43 Å². The standard InChI is InChI=1S/C20H17BrN4S/c1-13-11-15(14(2)25(13)18-9-5-3-7-16(18)21)12-22-24-20-23-17-8-4-6-10-19(17)26-20/h3-12H,1-2H3,(H,23,24)/b22-12+. The van der Waals surface area contributed by atoms with Crippen LogP contribution in [0.15, 0.2) is 64.2 Å². The summed E-state index contributed by atoms with van der Waals surface area (Å²) in [7, 11) is 0. The van der Waals surface area contributed by atoms with E-state index in [9.17, 15) is 0 Å². The highest BCUT2D eigenvalue weighted by molar-refractivity contribution is 9.10. The molecule has 0 spiro atoms. The van der Waals surface area contributed by atoms with Crippen LogP contribution in [0.5, 0.6) is 0 Å². The molecule has 0 unspecified atom stereocenters. The van der Waals surface area contributed by atoms with Gasteiger partial charge < -0.3 is 4.57 Å². The zero-order chi connectivity index (χ0) is 18.1. The van der Waals surface area contributed by atoms with Gasteiger partial charge in [0.2, 0.25) is 5.13 Å². The Bertz CT molecular complexity index is 1080. The molecule has 0 amide bonds. The first-order valence-electron chi connectivity index (χ1n) is 8.22. The summed E-state index contributed by atoms with van der Waals surface area (Å²) >= 11 is 5.23. The number of thiazole rings is 1. The summed E-state index contributed by atoms with van der Waals surface area (Å²) in [6.45, 7) is 4.20. The maximum Gasteiger partial charge on any atom is 0.204 e. The minimum absolute atomic E-state index is 0.794. The average Bonchev–Trinajstić information content (AvgIpc) is 3.16. The van der Waals surface area contributed by atoms with Crippen LogP contribution >= 0.6 is 27.3 Å². The third kappa shape index (κ3) is 3.18. The van der Waals surface area contributed by atoms with Crippen LogP contribution in [0, 0.1) is 13.8 Å². The van der Waals surface area contributed by atoms with E-state index in [1.54, 1.807) is 11.3 Å². The molecule has 0 radical (unpaired) electrons. The fraction of sp³-hybridized carbons (Fsp3) is 0.100. The first-order chi connectivity index (χ1) is 12.6. The van der Waals surface area contributed by atoms with Crippen LogP contribution in [0.3, 0.4) is 0 Å². The lowest BCUT2D eigenvalue weighted by Crippen LogP contribution is -2.00. The zero-order valence-electron chi connectivity index (χ0n) is 14.4. The highest BCUT2D eigenvalue weighted by Gasteiger charge is 2.11. The van der Waals surface area contributed by atoms with Gasteiger partial charge in [0.15, 0.2) is 0 Å². The molecular formula is C20H17BrN4S. The van der Waals surface area contributed by atoms with Crippen molar-refractivity contribution in [1.29, 1.82) is 0 Å².